The van der Waals surface area contributed by atoms with Crippen molar-refractivity contribution in [3.8, 4) is 5.69 Å². The van der Waals surface area contributed by atoms with Crippen molar-refractivity contribution in [3.63, 3.8) is 0 Å². The first kappa shape index (κ1) is 16.9. The fourth-order valence-corrected chi connectivity index (χ4v) is 2.64. The van der Waals surface area contributed by atoms with Gasteiger partial charge in [0, 0.05) is 6.07 Å². The van der Waals surface area contributed by atoms with Crippen molar-refractivity contribution in [1.82, 2.24) is 15.2 Å². The molecule has 0 fully saturated rings. The number of carboxylic acids is 1. The molecule has 10 heteroatoms. The van der Waals surface area contributed by atoms with Crippen LogP contribution in [0.25, 0.3) is 5.69 Å². The van der Waals surface area contributed by atoms with E-state index in [0.717, 1.165) is 10.6 Å². The number of nitrogens with one attached hydrogen (secondary N) is 2. The standard InChI is InChI=1S/C16H12N4O6/c17-13-12-8(15(25)19-16(12)26)5-10(21)20(13)9-4-2-1-3-7(9)14(24)18-6-11(22)23/h1-5H,6,17H2,(H,18,24)(H,22,23)(H,19,25,26). The van der Waals surface area contributed by atoms with Crippen molar-refractivity contribution < 1.29 is 24.3 Å². The first-order valence-corrected chi connectivity index (χ1v) is 7.32. The average molecular weight is 356 g/mol. The zero-order chi connectivity index (χ0) is 19.0. The summed E-state index contributed by atoms with van der Waals surface area (Å²) < 4.78 is 0.923. The third-order valence-electron chi connectivity index (χ3n) is 3.74. The molecule has 1 aliphatic rings. The fraction of sp³-hybridized carbons (Fsp3) is 0.0625. The lowest BCUT2D eigenvalue weighted by Gasteiger charge is -2.15. The highest BCUT2D eigenvalue weighted by Crippen LogP contribution is 2.24. The predicted octanol–water partition coefficient (Wildman–Crippen LogP) is -0.882. The number of carbonyl (C=O) groups is 4. The van der Waals surface area contributed by atoms with E-state index in [-0.39, 0.29) is 28.2 Å². The molecule has 2 aromatic rings. The molecule has 3 amide bonds. The second-order valence-corrected chi connectivity index (χ2v) is 5.37. The number of benzene rings is 1. The number of nitrogens with zero attached hydrogens (tertiary/aromatic N) is 1. The van der Waals surface area contributed by atoms with Gasteiger partial charge in [-0.3, -0.25) is 33.9 Å². The number of anilines is 1. The lowest BCUT2D eigenvalue weighted by atomic mass is 10.1. The van der Waals surface area contributed by atoms with Gasteiger partial charge in [0.15, 0.2) is 0 Å². The molecule has 0 saturated heterocycles. The molecule has 0 saturated carbocycles. The van der Waals surface area contributed by atoms with Crippen molar-refractivity contribution in [3.05, 3.63) is 57.4 Å². The number of hydrogen-bond acceptors (Lipinski definition) is 6. The molecule has 0 spiro atoms. The van der Waals surface area contributed by atoms with Gasteiger partial charge in [-0.15, -0.1) is 0 Å². The Morgan fingerprint density at radius 2 is 1.85 bits per heavy atom. The van der Waals surface area contributed by atoms with E-state index >= 15 is 0 Å². The molecular formula is C16H12N4O6. The Kier molecular flexibility index (Phi) is 4.01. The van der Waals surface area contributed by atoms with Gasteiger partial charge in [0.05, 0.1) is 22.4 Å². The Bertz CT molecular complexity index is 1040. The van der Waals surface area contributed by atoms with Crippen LogP contribution in [0.15, 0.2) is 35.1 Å². The molecule has 0 unspecified atom stereocenters. The van der Waals surface area contributed by atoms with Gasteiger partial charge in [0.2, 0.25) is 0 Å². The van der Waals surface area contributed by atoms with Crippen molar-refractivity contribution in [1.29, 1.82) is 0 Å². The second-order valence-electron chi connectivity index (χ2n) is 5.37. The zero-order valence-corrected chi connectivity index (χ0v) is 13.1. The van der Waals surface area contributed by atoms with E-state index < -0.39 is 35.8 Å². The fourth-order valence-electron chi connectivity index (χ4n) is 2.64. The third kappa shape index (κ3) is 2.69. The molecule has 132 valence electrons. The molecule has 3 rings (SSSR count). The van der Waals surface area contributed by atoms with E-state index in [1.165, 1.54) is 24.3 Å². The number of pyridine rings is 1. The van der Waals surface area contributed by atoms with Gasteiger partial charge in [0.25, 0.3) is 23.3 Å². The van der Waals surface area contributed by atoms with Gasteiger partial charge in [-0.25, -0.2) is 0 Å². The largest absolute Gasteiger partial charge is 0.480 e. The van der Waals surface area contributed by atoms with Crippen LogP contribution in [0, 0.1) is 0 Å². The van der Waals surface area contributed by atoms with E-state index in [1.54, 1.807) is 0 Å². The summed E-state index contributed by atoms with van der Waals surface area (Å²) >= 11 is 0. The zero-order valence-electron chi connectivity index (χ0n) is 13.1. The highest BCUT2D eigenvalue weighted by molar-refractivity contribution is 6.23. The van der Waals surface area contributed by atoms with Crippen LogP contribution in [0.3, 0.4) is 0 Å². The van der Waals surface area contributed by atoms with E-state index in [2.05, 4.69) is 5.32 Å². The Morgan fingerprint density at radius 3 is 2.54 bits per heavy atom. The Labute approximate surface area is 145 Å². The smallest absolute Gasteiger partial charge is 0.322 e. The van der Waals surface area contributed by atoms with E-state index in [4.69, 9.17) is 10.8 Å². The molecule has 0 radical (unpaired) electrons. The molecule has 0 aliphatic carbocycles. The number of imide groups is 1. The molecule has 2 heterocycles. The molecule has 26 heavy (non-hydrogen) atoms. The summed E-state index contributed by atoms with van der Waals surface area (Å²) in [6.45, 7) is -0.612. The Hall–Kier alpha value is -3.95. The number of hydrogen-bond donors (Lipinski definition) is 4. The van der Waals surface area contributed by atoms with Crippen molar-refractivity contribution >= 4 is 29.5 Å². The first-order valence-electron chi connectivity index (χ1n) is 7.32. The SMILES string of the molecule is Nc1c2c(cc(=O)n1-c1ccccc1C(=O)NCC(=O)O)C(=O)NC2=O. The highest BCUT2D eigenvalue weighted by Gasteiger charge is 2.32. The summed E-state index contributed by atoms with van der Waals surface area (Å²) in [6.07, 6.45) is 0. The Morgan fingerprint density at radius 1 is 1.15 bits per heavy atom. The van der Waals surface area contributed by atoms with Crippen LogP contribution >= 0.6 is 0 Å². The first-order chi connectivity index (χ1) is 12.3. The molecule has 1 aliphatic heterocycles. The molecule has 0 bridgehead atoms. The number of aliphatic carboxylic acids is 1. The lowest BCUT2D eigenvalue weighted by molar-refractivity contribution is -0.135. The third-order valence-corrected chi connectivity index (χ3v) is 3.74. The monoisotopic (exact) mass is 356 g/mol. The van der Waals surface area contributed by atoms with Gasteiger partial charge in [0.1, 0.15) is 12.4 Å². The van der Waals surface area contributed by atoms with Gasteiger partial charge in [-0.2, -0.15) is 0 Å². The maximum atomic E-state index is 12.5. The van der Waals surface area contributed by atoms with Crippen molar-refractivity contribution in [2.75, 3.05) is 12.3 Å². The number of carbonyl (C=O) groups excluding carboxylic acids is 3. The number of nitrogens with two attached hydrogens (primary N) is 1. The molecule has 1 aromatic heterocycles. The average Bonchev–Trinajstić information content (AvgIpc) is 2.87. The van der Waals surface area contributed by atoms with E-state index in [0.29, 0.717) is 0 Å². The van der Waals surface area contributed by atoms with Crippen molar-refractivity contribution in [2.45, 2.75) is 0 Å². The topological polar surface area (TPSA) is 161 Å². The molecular weight excluding hydrogens is 344 g/mol. The summed E-state index contributed by atoms with van der Waals surface area (Å²) in [5.41, 5.74) is 4.95. The second kappa shape index (κ2) is 6.16. The van der Waals surface area contributed by atoms with Gasteiger partial charge >= 0.3 is 5.97 Å². The number of rotatable bonds is 4. The summed E-state index contributed by atoms with van der Waals surface area (Å²) in [4.78, 5) is 59.0. The van der Waals surface area contributed by atoms with Crippen LogP contribution in [0.4, 0.5) is 5.82 Å². The Balaban J connectivity index is 2.18. The van der Waals surface area contributed by atoms with Gasteiger partial charge < -0.3 is 16.2 Å². The summed E-state index contributed by atoms with van der Waals surface area (Å²) in [7, 11) is 0. The normalized spacial score (nSPS) is 12.5. The lowest BCUT2D eigenvalue weighted by Crippen LogP contribution is -2.31. The predicted molar refractivity (Wildman–Crippen MR) is 88.2 cm³/mol. The minimum absolute atomic E-state index is 0.0211. The number of carboxylic acid groups (broad SMARTS) is 1. The number of para-hydroxylation sites is 1. The highest BCUT2D eigenvalue weighted by atomic mass is 16.4. The summed E-state index contributed by atoms with van der Waals surface area (Å²) in [5, 5.41) is 12.9. The van der Waals surface area contributed by atoms with Crippen LogP contribution in [0.5, 0.6) is 0 Å². The van der Waals surface area contributed by atoms with E-state index in [1.807, 2.05) is 5.32 Å². The minimum Gasteiger partial charge on any atom is -0.480 e. The van der Waals surface area contributed by atoms with Crippen LogP contribution < -0.4 is 21.9 Å². The number of amides is 3. The maximum absolute atomic E-state index is 12.5. The van der Waals surface area contributed by atoms with E-state index in [9.17, 15) is 24.0 Å². The van der Waals surface area contributed by atoms with Crippen LogP contribution in [0.2, 0.25) is 0 Å². The number of fused-ring (bicyclic) bond motifs is 1. The van der Waals surface area contributed by atoms with Crippen LogP contribution in [-0.4, -0.2) is 39.9 Å². The van der Waals surface area contributed by atoms with Gasteiger partial charge in [-0.1, -0.05) is 12.1 Å². The molecule has 10 nitrogen and oxygen atoms in total. The minimum atomic E-state index is -1.24. The molecule has 1 aromatic carbocycles. The summed E-state index contributed by atoms with van der Waals surface area (Å²) in [5.74, 6) is -3.75. The number of aromatic nitrogens is 1. The van der Waals surface area contributed by atoms with Gasteiger partial charge in [-0.05, 0) is 12.1 Å². The maximum Gasteiger partial charge on any atom is 0.322 e. The summed E-state index contributed by atoms with van der Waals surface area (Å²) in [6, 6.07) is 6.79. The molecule has 0 atom stereocenters. The molecule has 5 N–H and O–H groups in total. The quantitative estimate of drug-likeness (QED) is 0.517. The number of nitrogen functional groups attached to an aromatic ring is 1. The van der Waals surface area contributed by atoms with Crippen molar-refractivity contribution in [2.24, 2.45) is 0 Å². The van der Waals surface area contributed by atoms with Crippen LogP contribution in [-0.2, 0) is 4.79 Å². The van der Waals surface area contributed by atoms with Crippen LogP contribution in [0.1, 0.15) is 31.1 Å².